The van der Waals surface area contributed by atoms with Gasteiger partial charge in [0.2, 0.25) is 11.0 Å². The van der Waals surface area contributed by atoms with Crippen LogP contribution in [0.15, 0.2) is 78.9 Å². The van der Waals surface area contributed by atoms with Gasteiger partial charge in [-0.1, -0.05) is 78.9 Å². The van der Waals surface area contributed by atoms with Gasteiger partial charge in [0.1, 0.15) is 12.6 Å². The van der Waals surface area contributed by atoms with Gasteiger partial charge in [-0.3, -0.25) is 9.59 Å². The molecule has 174 valence electrons. The number of rotatable bonds is 8. The number of alkyl carbamates (subject to hydrolysis) is 1. The maximum absolute atomic E-state index is 12.8. The van der Waals surface area contributed by atoms with E-state index in [4.69, 9.17) is 4.74 Å². The number of thiol groups is 1. The van der Waals surface area contributed by atoms with E-state index in [2.05, 4.69) is 35.4 Å². The normalized spacial score (nSPS) is 13.8. The molecule has 0 aromatic heterocycles. The zero-order chi connectivity index (χ0) is 24.1. The minimum Gasteiger partial charge on any atom is -0.449 e. The Kier molecular flexibility index (Phi) is 7.33. The molecule has 0 fully saturated rings. The van der Waals surface area contributed by atoms with Crippen LogP contribution in [0.4, 0.5) is 4.79 Å². The third-order valence-electron chi connectivity index (χ3n) is 5.96. The summed E-state index contributed by atoms with van der Waals surface area (Å²) in [6, 6.07) is 23.8. The number of amides is 2. The van der Waals surface area contributed by atoms with Crippen LogP contribution < -0.4 is 10.6 Å². The molecule has 0 saturated heterocycles. The molecule has 0 saturated carbocycles. The van der Waals surface area contributed by atoms with E-state index in [1.807, 2.05) is 66.7 Å². The van der Waals surface area contributed by atoms with Crippen molar-refractivity contribution in [1.82, 2.24) is 10.6 Å². The summed E-state index contributed by atoms with van der Waals surface area (Å²) in [7, 11) is 0. The van der Waals surface area contributed by atoms with Crippen molar-refractivity contribution in [3.63, 3.8) is 0 Å². The van der Waals surface area contributed by atoms with Gasteiger partial charge in [-0.05, 0) is 34.7 Å². The molecule has 2 atom stereocenters. The van der Waals surface area contributed by atoms with E-state index in [-0.39, 0.29) is 18.9 Å². The lowest BCUT2D eigenvalue weighted by Gasteiger charge is -2.21. The van der Waals surface area contributed by atoms with Crippen LogP contribution in [-0.4, -0.2) is 35.8 Å². The standard InChI is InChI=1S/C27H26N2O4S/c1-17(26(31)34)28-25(30)24(15-18-9-3-2-4-10-18)29-27(32)33-16-23-21-13-7-5-11-19(21)20-12-6-8-14-22(20)23/h2-14,17,23-24H,15-16H2,1H3,(H,28,30)(H,29,32)(H,31,34)/t17-,24-/m0/s1. The summed E-state index contributed by atoms with van der Waals surface area (Å²) >= 11 is 3.77. The van der Waals surface area contributed by atoms with Gasteiger partial charge < -0.3 is 15.4 Å². The van der Waals surface area contributed by atoms with Crippen LogP contribution in [0.25, 0.3) is 11.1 Å². The number of carbonyl (C=O) groups excluding carboxylic acids is 3. The Hall–Kier alpha value is -3.58. The molecule has 34 heavy (non-hydrogen) atoms. The summed E-state index contributed by atoms with van der Waals surface area (Å²) in [6.07, 6.45) is -0.438. The molecule has 0 heterocycles. The van der Waals surface area contributed by atoms with Crippen molar-refractivity contribution in [1.29, 1.82) is 0 Å². The van der Waals surface area contributed by atoms with E-state index in [1.54, 1.807) is 6.92 Å². The van der Waals surface area contributed by atoms with Crippen LogP contribution in [0, 0.1) is 0 Å². The highest BCUT2D eigenvalue weighted by atomic mass is 32.1. The predicted molar refractivity (Wildman–Crippen MR) is 134 cm³/mol. The molecule has 1 aliphatic carbocycles. The van der Waals surface area contributed by atoms with Crippen LogP contribution in [0.1, 0.15) is 29.5 Å². The van der Waals surface area contributed by atoms with E-state index < -0.39 is 29.2 Å². The highest BCUT2D eigenvalue weighted by Crippen LogP contribution is 2.44. The van der Waals surface area contributed by atoms with Gasteiger partial charge in [-0.2, -0.15) is 0 Å². The smallest absolute Gasteiger partial charge is 0.407 e. The van der Waals surface area contributed by atoms with E-state index in [1.165, 1.54) is 0 Å². The van der Waals surface area contributed by atoms with Crippen LogP contribution in [0.2, 0.25) is 0 Å². The lowest BCUT2D eigenvalue weighted by Crippen LogP contribution is -2.51. The molecule has 3 aromatic rings. The molecule has 7 heteroatoms. The Balaban J connectivity index is 1.45. The van der Waals surface area contributed by atoms with Gasteiger partial charge >= 0.3 is 6.09 Å². The van der Waals surface area contributed by atoms with E-state index in [9.17, 15) is 14.4 Å². The monoisotopic (exact) mass is 474 g/mol. The molecule has 0 spiro atoms. The fourth-order valence-corrected chi connectivity index (χ4v) is 4.28. The average molecular weight is 475 g/mol. The Bertz CT molecular complexity index is 1150. The highest BCUT2D eigenvalue weighted by molar-refractivity contribution is 7.96. The largest absolute Gasteiger partial charge is 0.449 e. The Morgan fingerprint density at radius 3 is 2.00 bits per heavy atom. The fourth-order valence-electron chi connectivity index (χ4n) is 4.22. The lowest BCUT2D eigenvalue weighted by atomic mass is 9.98. The number of carbonyl (C=O) groups is 3. The number of benzene rings is 3. The molecule has 0 bridgehead atoms. The van der Waals surface area contributed by atoms with Crippen molar-refractivity contribution in [2.24, 2.45) is 0 Å². The van der Waals surface area contributed by atoms with Crippen LogP contribution >= 0.6 is 12.6 Å². The second-order valence-corrected chi connectivity index (χ2v) is 8.72. The molecule has 2 amide bonds. The topological polar surface area (TPSA) is 84.5 Å². The first-order chi connectivity index (χ1) is 16.4. The van der Waals surface area contributed by atoms with Gasteiger partial charge in [-0.15, -0.1) is 12.6 Å². The second-order valence-electron chi connectivity index (χ2n) is 8.28. The van der Waals surface area contributed by atoms with Crippen molar-refractivity contribution in [3.05, 3.63) is 95.6 Å². The average Bonchev–Trinajstić information content (AvgIpc) is 3.16. The fraction of sp³-hybridized carbons (Fsp3) is 0.222. The summed E-state index contributed by atoms with van der Waals surface area (Å²) in [5.41, 5.74) is 5.36. The van der Waals surface area contributed by atoms with Crippen molar-refractivity contribution >= 4 is 29.7 Å². The third kappa shape index (κ3) is 5.31. The molecule has 0 aliphatic heterocycles. The van der Waals surface area contributed by atoms with E-state index in [0.717, 1.165) is 27.8 Å². The maximum atomic E-state index is 12.8. The molecule has 6 nitrogen and oxygen atoms in total. The summed E-state index contributed by atoms with van der Waals surface area (Å²) < 4.78 is 5.60. The Morgan fingerprint density at radius 2 is 1.41 bits per heavy atom. The number of hydrogen-bond donors (Lipinski definition) is 3. The minimum atomic E-state index is -0.909. The number of hydrogen-bond acceptors (Lipinski definition) is 4. The molecule has 1 aliphatic rings. The van der Waals surface area contributed by atoms with Gasteiger partial charge in [0.05, 0.1) is 6.04 Å². The summed E-state index contributed by atoms with van der Waals surface area (Å²) in [4.78, 5) is 37.0. The lowest BCUT2D eigenvalue weighted by molar-refractivity contribution is -0.126. The van der Waals surface area contributed by atoms with Gasteiger partial charge in [0.25, 0.3) is 0 Å². The van der Waals surface area contributed by atoms with Crippen LogP contribution in [0.3, 0.4) is 0 Å². The van der Waals surface area contributed by atoms with Gasteiger partial charge in [0, 0.05) is 12.3 Å². The Labute approximate surface area is 204 Å². The first kappa shape index (κ1) is 23.6. The van der Waals surface area contributed by atoms with Crippen molar-refractivity contribution in [2.75, 3.05) is 6.61 Å². The second kappa shape index (κ2) is 10.6. The zero-order valence-electron chi connectivity index (χ0n) is 18.7. The van der Waals surface area contributed by atoms with Crippen molar-refractivity contribution in [3.8, 4) is 11.1 Å². The minimum absolute atomic E-state index is 0.0821. The molecule has 0 radical (unpaired) electrons. The van der Waals surface area contributed by atoms with Crippen LogP contribution in [-0.2, 0) is 20.7 Å². The first-order valence-corrected chi connectivity index (χ1v) is 11.6. The SMILES string of the molecule is C[C@H](NC(=O)[C@H](Cc1ccccc1)NC(=O)OCC1c2ccccc2-c2ccccc21)C(=O)S. The van der Waals surface area contributed by atoms with Gasteiger partial charge in [0.15, 0.2) is 0 Å². The number of fused-ring (bicyclic) bond motifs is 3. The maximum Gasteiger partial charge on any atom is 0.407 e. The van der Waals surface area contributed by atoms with Crippen molar-refractivity contribution in [2.45, 2.75) is 31.3 Å². The molecule has 3 aromatic carbocycles. The molecular formula is C27H26N2O4S. The number of nitrogens with one attached hydrogen (secondary N) is 2. The predicted octanol–water partition coefficient (Wildman–Crippen LogP) is 4.10. The summed E-state index contributed by atoms with van der Waals surface area (Å²) in [6.45, 7) is 1.69. The quantitative estimate of drug-likeness (QED) is 0.429. The summed E-state index contributed by atoms with van der Waals surface area (Å²) in [5.74, 6) is -0.561. The van der Waals surface area contributed by atoms with E-state index >= 15 is 0 Å². The van der Waals surface area contributed by atoms with E-state index in [0.29, 0.717) is 0 Å². The van der Waals surface area contributed by atoms with Crippen LogP contribution in [0.5, 0.6) is 0 Å². The number of ether oxygens (including phenoxy) is 1. The summed E-state index contributed by atoms with van der Waals surface area (Å²) in [5, 5.41) is 4.80. The first-order valence-electron chi connectivity index (χ1n) is 11.1. The van der Waals surface area contributed by atoms with Gasteiger partial charge in [-0.25, -0.2) is 4.79 Å². The molecule has 4 rings (SSSR count). The van der Waals surface area contributed by atoms with Crippen molar-refractivity contribution < 1.29 is 19.1 Å². The Morgan fingerprint density at radius 1 is 0.853 bits per heavy atom. The molecular weight excluding hydrogens is 448 g/mol. The molecule has 2 N–H and O–H groups in total. The third-order valence-corrected chi connectivity index (χ3v) is 6.35. The highest BCUT2D eigenvalue weighted by Gasteiger charge is 2.30. The zero-order valence-corrected chi connectivity index (χ0v) is 19.6. The molecule has 0 unspecified atom stereocenters.